The van der Waals surface area contributed by atoms with Crippen LogP contribution in [0.4, 0.5) is 0 Å². The summed E-state index contributed by atoms with van der Waals surface area (Å²) in [6.45, 7) is 4.32. The van der Waals surface area contributed by atoms with E-state index in [1.807, 2.05) is 6.92 Å². The topological polar surface area (TPSA) is 54.5 Å². The smallest absolute Gasteiger partial charge is 0.252 e. The maximum Gasteiger partial charge on any atom is 0.252 e. The first-order valence-electron chi connectivity index (χ1n) is 6.09. The summed E-state index contributed by atoms with van der Waals surface area (Å²) >= 11 is 4.59. The van der Waals surface area contributed by atoms with E-state index in [1.165, 1.54) is 15.6 Å². The molecule has 1 aliphatic rings. The number of ketones is 1. The number of hydrogen-bond donors (Lipinski definition) is 0. The van der Waals surface area contributed by atoms with Crippen molar-refractivity contribution in [1.82, 2.24) is 4.31 Å². The summed E-state index contributed by atoms with van der Waals surface area (Å²) in [4.78, 5) is 11.3. The Labute approximate surface area is 126 Å². The van der Waals surface area contributed by atoms with Gasteiger partial charge in [0.15, 0.2) is 0 Å². The molecule has 4 nitrogen and oxygen atoms in total. The lowest BCUT2D eigenvalue weighted by atomic mass is 9.95. The summed E-state index contributed by atoms with van der Waals surface area (Å²) < 4.78 is 27.6. The summed E-state index contributed by atoms with van der Waals surface area (Å²) in [7, 11) is -3.40. The Morgan fingerprint density at radius 2 is 2.00 bits per heavy atom. The highest BCUT2D eigenvalue weighted by Crippen LogP contribution is 2.33. The molecule has 0 unspecified atom stereocenters. The first-order chi connectivity index (χ1) is 8.82. The summed E-state index contributed by atoms with van der Waals surface area (Å²) in [6, 6.07) is 1.70. The van der Waals surface area contributed by atoms with Gasteiger partial charge in [0.25, 0.3) is 10.0 Å². The van der Waals surface area contributed by atoms with E-state index in [1.54, 1.807) is 13.0 Å². The Bertz CT molecular complexity index is 567. The number of carbonyl (C=O) groups is 1. The number of piperidine rings is 1. The van der Waals surface area contributed by atoms with Crippen molar-refractivity contribution in [2.24, 2.45) is 5.92 Å². The number of aryl methyl sites for hydroxylation is 1. The van der Waals surface area contributed by atoms with Crippen LogP contribution in [0, 0.1) is 12.8 Å². The van der Waals surface area contributed by atoms with Crippen LogP contribution >= 0.6 is 27.3 Å². The second-order valence-electron chi connectivity index (χ2n) is 4.81. The lowest BCUT2D eigenvalue weighted by molar-refractivity contribution is -0.121. The number of hydrogen-bond acceptors (Lipinski definition) is 4. The van der Waals surface area contributed by atoms with Crippen molar-refractivity contribution in [1.29, 1.82) is 0 Å². The zero-order chi connectivity index (χ0) is 14.2. The highest BCUT2D eigenvalue weighted by Gasteiger charge is 2.32. The molecule has 2 rings (SSSR count). The molecule has 2 heterocycles. The molecule has 0 atom stereocenters. The predicted molar refractivity (Wildman–Crippen MR) is 78.9 cm³/mol. The highest BCUT2D eigenvalue weighted by atomic mass is 79.9. The lowest BCUT2D eigenvalue weighted by Crippen LogP contribution is -2.39. The molecule has 0 N–H and O–H groups in total. The third-order valence-corrected chi connectivity index (χ3v) is 7.94. The van der Waals surface area contributed by atoms with Crippen molar-refractivity contribution in [3.63, 3.8) is 0 Å². The molecule has 106 valence electrons. The summed E-state index contributed by atoms with van der Waals surface area (Å²) in [5, 5.41) is 0. The van der Waals surface area contributed by atoms with Crippen LogP contribution in [0.3, 0.4) is 0 Å². The zero-order valence-electron chi connectivity index (χ0n) is 10.8. The average Bonchev–Trinajstić information content (AvgIpc) is 2.70. The maximum atomic E-state index is 12.5. The minimum Gasteiger partial charge on any atom is -0.300 e. The lowest BCUT2D eigenvalue weighted by Gasteiger charge is -2.29. The quantitative estimate of drug-likeness (QED) is 0.827. The minimum atomic E-state index is -3.40. The number of rotatable bonds is 3. The molecule has 1 aromatic rings. The summed E-state index contributed by atoms with van der Waals surface area (Å²) in [5.74, 6) is 0.176. The van der Waals surface area contributed by atoms with E-state index in [4.69, 9.17) is 0 Å². The second kappa shape index (κ2) is 5.63. The van der Waals surface area contributed by atoms with Crippen LogP contribution in [0.25, 0.3) is 0 Å². The molecule has 0 aromatic carbocycles. The van der Waals surface area contributed by atoms with Gasteiger partial charge in [-0.2, -0.15) is 4.31 Å². The number of nitrogens with zero attached hydrogens (tertiary/aromatic N) is 1. The van der Waals surface area contributed by atoms with E-state index >= 15 is 0 Å². The fraction of sp³-hybridized carbons (Fsp3) is 0.583. The van der Waals surface area contributed by atoms with Gasteiger partial charge in [-0.25, -0.2) is 8.42 Å². The summed E-state index contributed by atoms with van der Waals surface area (Å²) in [5.41, 5.74) is 0.933. The molecule has 1 saturated heterocycles. The average molecular weight is 366 g/mol. The van der Waals surface area contributed by atoms with Crippen LogP contribution in [0.1, 0.15) is 25.3 Å². The molecule has 0 radical (unpaired) electrons. The fourth-order valence-corrected chi connectivity index (χ4v) is 6.04. The molecule has 19 heavy (non-hydrogen) atoms. The van der Waals surface area contributed by atoms with Crippen molar-refractivity contribution >= 4 is 43.1 Å². The van der Waals surface area contributed by atoms with Crippen molar-refractivity contribution in [2.45, 2.75) is 30.9 Å². The number of carbonyl (C=O) groups excluding carboxylic acids is 1. The van der Waals surface area contributed by atoms with Gasteiger partial charge < -0.3 is 0 Å². The monoisotopic (exact) mass is 365 g/mol. The van der Waals surface area contributed by atoms with E-state index in [9.17, 15) is 13.2 Å². The van der Waals surface area contributed by atoms with Crippen LogP contribution in [-0.4, -0.2) is 31.6 Å². The van der Waals surface area contributed by atoms with Gasteiger partial charge in [-0.15, -0.1) is 11.3 Å². The third-order valence-electron chi connectivity index (χ3n) is 3.46. The van der Waals surface area contributed by atoms with Crippen LogP contribution in [0.2, 0.25) is 0 Å². The predicted octanol–water partition coefficient (Wildman–Crippen LogP) is 2.81. The van der Waals surface area contributed by atoms with Gasteiger partial charge in [0.1, 0.15) is 9.99 Å². The first-order valence-corrected chi connectivity index (χ1v) is 9.14. The SMILES string of the molecule is CC(=O)C1CCN(S(=O)(=O)c2cc(C)c(Br)s2)CC1. The minimum absolute atomic E-state index is 0.0169. The van der Waals surface area contributed by atoms with Gasteiger partial charge in [-0.3, -0.25) is 4.79 Å². The molecule has 1 aliphatic heterocycles. The van der Waals surface area contributed by atoms with Gasteiger partial charge in [0.05, 0.1) is 3.79 Å². The van der Waals surface area contributed by atoms with Gasteiger partial charge in [0, 0.05) is 19.0 Å². The highest BCUT2D eigenvalue weighted by molar-refractivity contribution is 9.11. The standard InChI is InChI=1S/C12H16BrNO3S2/c1-8-7-11(18-12(8)13)19(16,17)14-5-3-10(4-6-14)9(2)15/h7,10H,3-6H2,1-2H3. The van der Waals surface area contributed by atoms with Crippen LogP contribution < -0.4 is 0 Å². The second-order valence-corrected chi connectivity index (χ2v) is 9.35. The van der Waals surface area contributed by atoms with E-state index in [2.05, 4.69) is 15.9 Å². The molecule has 1 aromatic heterocycles. The Morgan fingerprint density at radius 1 is 1.42 bits per heavy atom. The number of thiophene rings is 1. The molecule has 0 aliphatic carbocycles. The van der Waals surface area contributed by atoms with Crippen molar-refractivity contribution in [2.75, 3.05) is 13.1 Å². The van der Waals surface area contributed by atoms with Crippen molar-refractivity contribution in [3.05, 3.63) is 15.4 Å². The molecule has 0 bridgehead atoms. The molecule has 7 heteroatoms. The molecule has 1 fully saturated rings. The third kappa shape index (κ3) is 3.09. The largest absolute Gasteiger partial charge is 0.300 e. The van der Waals surface area contributed by atoms with Crippen molar-refractivity contribution in [3.8, 4) is 0 Å². The van der Waals surface area contributed by atoms with E-state index in [0.29, 0.717) is 30.1 Å². The molecular weight excluding hydrogens is 350 g/mol. The van der Waals surface area contributed by atoms with Gasteiger partial charge in [-0.05, 0) is 54.2 Å². The molecular formula is C12H16BrNO3S2. The molecule has 0 amide bonds. The Morgan fingerprint density at radius 3 is 2.42 bits per heavy atom. The summed E-state index contributed by atoms with van der Waals surface area (Å²) in [6.07, 6.45) is 1.25. The van der Waals surface area contributed by atoms with Gasteiger partial charge >= 0.3 is 0 Å². The fourth-order valence-electron chi connectivity index (χ4n) is 2.19. The normalized spacial score (nSPS) is 18.7. The number of Topliss-reactive ketones (excluding diaryl/α,β-unsaturated/α-hetero) is 1. The first kappa shape index (κ1) is 15.2. The zero-order valence-corrected chi connectivity index (χ0v) is 14.1. The van der Waals surface area contributed by atoms with Crippen LogP contribution in [-0.2, 0) is 14.8 Å². The van der Waals surface area contributed by atoms with Crippen molar-refractivity contribution < 1.29 is 13.2 Å². The Kier molecular flexibility index (Phi) is 4.49. The maximum absolute atomic E-state index is 12.5. The van der Waals surface area contributed by atoms with E-state index < -0.39 is 10.0 Å². The number of halogens is 1. The van der Waals surface area contributed by atoms with Gasteiger partial charge in [0.2, 0.25) is 0 Å². The molecule has 0 saturated carbocycles. The number of sulfonamides is 1. The Balaban J connectivity index is 2.16. The molecule has 0 spiro atoms. The van der Waals surface area contributed by atoms with E-state index in [-0.39, 0.29) is 11.7 Å². The van der Waals surface area contributed by atoms with E-state index in [0.717, 1.165) is 9.35 Å². The van der Waals surface area contributed by atoms with Crippen LogP contribution in [0.5, 0.6) is 0 Å². The van der Waals surface area contributed by atoms with Gasteiger partial charge in [-0.1, -0.05) is 0 Å². The van der Waals surface area contributed by atoms with Crippen LogP contribution in [0.15, 0.2) is 14.1 Å². The Hall–Kier alpha value is -0.240.